The molecule has 0 aliphatic carbocycles. The summed E-state index contributed by atoms with van der Waals surface area (Å²) in [7, 11) is 3.51. The Balaban J connectivity index is 1.41. The van der Waals surface area contributed by atoms with E-state index >= 15 is 0 Å². The average molecular weight is 431 g/mol. The molecule has 11 heteroatoms. The second kappa shape index (κ2) is 7.54. The highest BCUT2D eigenvalue weighted by Gasteiger charge is 2.45. The van der Waals surface area contributed by atoms with Gasteiger partial charge in [0, 0.05) is 81.3 Å². The Morgan fingerprint density at radius 2 is 2.00 bits per heavy atom. The Bertz CT molecular complexity index is 1300. The first-order valence-electron chi connectivity index (χ1n) is 10.0. The summed E-state index contributed by atoms with van der Waals surface area (Å²) in [5.41, 5.74) is 0.235. The van der Waals surface area contributed by atoms with Crippen LogP contribution in [-0.2, 0) is 17.4 Å². The highest BCUT2D eigenvalue weighted by molar-refractivity contribution is 5.88. The fourth-order valence-electron chi connectivity index (χ4n) is 3.67. The molecule has 0 saturated carbocycles. The Labute approximate surface area is 183 Å². The Morgan fingerprint density at radius 1 is 1.12 bits per heavy atom. The van der Waals surface area contributed by atoms with Gasteiger partial charge in [-0.1, -0.05) is 0 Å². The Hall–Kier alpha value is -4.12. The molecule has 32 heavy (non-hydrogen) atoms. The van der Waals surface area contributed by atoms with Crippen LogP contribution in [0.5, 0.6) is 0 Å². The van der Waals surface area contributed by atoms with E-state index in [1.807, 2.05) is 25.4 Å². The SMILES string of the molecule is CN1CCC(O)(c2cncc(-c3ccn(-c4ccnc(Nc5ccn(C)n5)n4)n3)c2)C1=O. The second-order valence-electron chi connectivity index (χ2n) is 7.68. The number of nitrogens with one attached hydrogen (secondary N) is 1. The summed E-state index contributed by atoms with van der Waals surface area (Å²) in [6.07, 6.45) is 8.73. The number of carbonyl (C=O) groups is 1. The zero-order chi connectivity index (χ0) is 22.3. The van der Waals surface area contributed by atoms with Crippen LogP contribution in [0.2, 0.25) is 0 Å². The van der Waals surface area contributed by atoms with Gasteiger partial charge < -0.3 is 15.3 Å². The number of aryl methyl sites for hydroxylation is 1. The fraction of sp³-hybridized carbons (Fsp3) is 0.238. The number of hydrogen-bond donors (Lipinski definition) is 2. The number of carbonyl (C=O) groups excluding carboxylic acids is 1. The minimum absolute atomic E-state index is 0.323. The molecule has 4 aromatic rings. The molecular weight excluding hydrogens is 410 g/mol. The smallest absolute Gasteiger partial charge is 0.259 e. The van der Waals surface area contributed by atoms with E-state index in [2.05, 4.69) is 30.5 Å². The first kappa shape index (κ1) is 19.8. The molecule has 1 unspecified atom stereocenters. The lowest BCUT2D eigenvalue weighted by molar-refractivity contribution is -0.143. The number of hydrogen-bond acceptors (Lipinski definition) is 8. The maximum absolute atomic E-state index is 12.4. The van der Waals surface area contributed by atoms with Crippen molar-refractivity contribution < 1.29 is 9.90 Å². The quantitative estimate of drug-likeness (QED) is 0.483. The summed E-state index contributed by atoms with van der Waals surface area (Å²) in [5.74, 6) is 1.28. The fourth-order valence-corrected chi connectivity index (χ4v) is 3.67. The topological polar surface area (TPSA) is 127 Å². The number of rotatable bonds is 5. The van der Waals surface area contributed by atoms with Crippen LogP contribution >= 0.6 is 0 Å². The highest BCUT2D eigenvalue weighted by atomic mass is 16.3. The lowest BCUT2D eigenvalue weighted by atomic mass is 9.92. The van der Waals surface area contributed by atoms with E-state index in [0.29, 0.717) is 47.4 Å². The van der Waals surface area contributed by atoms with E-state index in [0.717, 1.165) is 0 Å². The van der Waals surface area contributed by atoms with Crippen molar-refractivity contribution in [3.05, 3.63) is 60.8 Å². The summed E-state index contributed by atoms with van der Waals surface area (Å²) >= 11 is 0. The van der Waals surface area contributed by atoms with E-state index in [1.165, 1.54) is 11.1 Å². The molecule has 1 amide bonds. The Morgan fingerprint density at radius 3 is 2.75 bits per heavy atom. The van der Waals surface area contributed by atoms with Gasteiger partial charge in [0.25, 0.3) is 5.91 Å². The largest absolute Gasteiger partial charge is 0.375 e. The van der Waals surface area contributed by atoms with Gasteiger partial charge in [0.1, 0.15) is 0 Å². The molecule has 0 aromatic carbocycles. The van der Waals surface area contributed by atoms with Gasteiger partial charge in [-0.15, -0.1) is 0 Å². The van der Waals surface area contributed by atoms with Crippen molar-refractivity contribution in [3.63, 3.8) is 0 Å². The van der Waals surface area contributed by atoms with Gasteiger partial charge in [-0.25, -0.2) is 9.67 Å². The van der Waals surface area contributed by atoms with Crippen molar-refractivity contribution in [2.75, 3.05) is 18.9 Å². The van der Waals surface area contributed by atoms with Gasteiger partial charge in [-0.05, 0) is 12.1 Å². The van der Waals surface area contributed by atoms with Crippen LogP contribution in [0.25, 0.3) is 17.1 Å². The summed E-state index contributed by atoms with van der Waals surface area (Å²) in [6.45, 7) is 0.497. The van der Waals surface area contributed by atoms with Crippen molar-refractivity contribution in [2.45, 2.75) is 12.0 Å². The van der Waals surface area contributed by atoms with Crippen LogP contribution in [0.15, 0.2) is 55.2 Å². The third-order valence-electron chi connectivity index (χ3n) is 5.44. The molecule has 11 nitrogen and oxygen atoms in total. The van der Waals surface area contributed by atoms with Gasteiger partial charge in [0.2, 0.25) is 5.95 Å². The zero-order valence-electron chi connectivity index (χ0n) is 17.5. The standard InChI is InChI=1S/C21H21N9O2/c1-28-10-6-21(32,19(28)31)15-11-14(12-22-13-15)16-4-9-30(26-16)18-3-7-23-20(25-18)24-17-5-8-29(2)27-17/h3-5,7-9,11-13,32H,6,10H2,1-2H3,(H,23,24,25,27). The first-order valence-corrected chi connectivity index (χ1v) is 10.0. The van der Waals surface area contributed by atoms with Gasteiger partial charge in [0.15, 0.2) is 17.2 Å². The van der Waals surface area contributed by atoms with Gasteiger partial charge >= 0.3 is 0 Å². The molecule has 1 aliphatic rings. The molecule has 4 aromatic heterocycles. The highest BCUT2D eigenvalue weighted by Crippen LogP contribution is 2.33. The third kappa shape index (κ3) is 3.48. The maximum atomic E-state index is 12.4. The van der Waals surface area contributed by atoms with E-state index in [9.17, 15) is 9.90 Å². The maximum Gasteiger partial charge on any atom is 0.259 e. The summed E-state index contributed by atoms with van der Waals surface area (Å²) < 4.78 is 3.30. The van der Waals surface area contributed by atoms with Crippen LogP contribution in [0.3, 0.4) is 0 Å². The molecule has 1 atom stereocenters. The molecule has 162 valence electrons. The first-order chi connectivity index (χ1) is 15.4. The molecule has 1 fully saturated rings. The average Bonchev–Trinajstić information content (AvgIpc) is 3.52. The number of aromatic nitrogens is 7. The van der Waals surface area contributed by atoms with Crippen LogP contribution in [0.4, 0.5) is 11.8 Å². The Kier molecular flexibility index (Phi) is 4.67. The van der Waals surface area contributed by atoms with Crippen molar-refractivity contribution in [1.29, 1.82) is 0 Å². The predicted octanol–water partition coefficient (Wildman–Crippen LogP) is 1.25. The second-order valence-corrected chi connectivity index (χ2v) is 7.68. The van der Waals surface area contributed by atoms with Crippen LogP contribution in [-0.4, -0.2) is 64.0 Å². The molecule has 0 bridgehead atoms. The van der Waals surface area contributed by atoms with Crippen LogP contribution < -0.4 is 5.32 Å². The number of anilines is 2. The minimum Gasteiger partial charge on any atom is -0.375 e. The number of likely N-dealkylation sites (tertiary alicyclic amines) is 1. The monoisotopic (exact) mass is 431 g/mol. The molecule has 5 heterocycles. The van der Waals surface area contributed by atoms with Crippen LogP contribution in [0, 0.1) is 0 Å². The lowest BCUT2D eigenvalue weighted by Gasteiger charge is -2.21. The van der Waals surface area contributed by atoms with Crippen LogP contribution in [0.1, 0.15) is 12.0 Å². The molecule has 0 radical (unpaired) electrons. The molecule has 5 rings (SSSR count). The van der Waals surface area contributed by atoms with E-state index in [1.54, 1.807) is 47.1 Å². The minimum atomic E-state index is -1.56. The lowest BCUT2D eigenvalue weighted by Crippen LogP contribution is -2.36. The van der Waals surface area contributed by atoms with Gasteiger partial charge in [-0.2, -0.15) is 15.2 Å². The molecular formula is C21H21N9O2. The predicted molar refractivity (Wildman–Crippen MR) is 115 cm³/mol. The summed E-state index contributed by atoms with van der Waals surface area (Å²) in [4.78, 5) is 26.9. The number of likely N-dealkylation sites (N-methyl/N-ethyl adjacent to an activating group) is 1. The van der Waals surface area contributed by atoms with Crippen molar-refractivity contribution >= 4 is 17.7 Å². The number of pyridine rings is 1. The zero-order valence-corrected chi connectivity index (χ0v) is 17.5. The van der Waals surface area contributed by atoms with Crippen molar-refractivity contribution in [3.8, 4) is 17.1 Å². The molecule has 1 saturated heterocycles. The van der Waals surface area contributed by atoms with E-state index in [-0.39, 0.29) is 5.91 Å². The van der Waals surface area contributed by atoms with E-state index < -0.39 is 5.60 Å². The number of nitrogens with zero attached hydrogens (tertiary/aromatic N) is 8. The van der Waals surface area contributed by atoms with E-state index in [4.69, 9.17) is 0 Å². The van der Waals surface area contributed by atoms with Gasteiger partial charge in [-0.3, -0.25) is 14.5 Å². The molecule has 1 aliphatic heterocycles. The molecule has 2 N–H and O–H groups in total. The van der Waals surface area contributed by atoms with Crippen molar-refractivity contribution in [2.24, 2.45) is 7.05 Å². The summed E-state index contributed by atoms with van der Waals surface area (Å²) in [6, 6.07) is 7.14. The summed E-state index contributed by atoms with van der Waals surface area (Å²) in [5, 5.41) is 22.8. The van der Waals surface area contributed by atoms with Gasteiger partial charge in [0.05, 0.1) is 5.69 Å². The number of amides is 1. The number of aliphatic hydroxyl groups is 1. The molecule has 0 spiro atoms. The normalized spacial score (nSPS) is 18.3. The van der Waals surface area contributed by atoms with Crippen molar-refractivity contribution in [1.82, 2.24) is 39.4 Å². The third-order valence-corrected chi connectivity index (χ3v) is 5.44.